The molecule has 0 bridgehead atoms. The lowest BCUT2D eigenvalue weighted by atomic mass is 10.1. The molecule has 6 nitrogen and oxygen atoms in total. The first-order valence-corrected chi connectivity index (χ1v) is 5.82. The largest absolute Gasteiger partial charge is 0.481 e. The van der Waals surface area contributed by atoms with Gasteiger partial charge in [-0.1, -0.05) is 13.8 Å². The summed E-state index contributed by atoms with van der Waals surface area (Å²) in [5.41, 5.74) is 0.446. The molecule has 98 valence electrons. The summed E-state index contributed by atoms with van der Waals surface area (Å²) < 4.78 is 1.66. The second kappa shape index (κ2) is 4.12. The van der Waals surface area contributed by atoms with Gasteiger partial charge in [-0.2, -0.15) is 5.10 Å². The Bertz CT molecular complexity index is 493. The second-order valence-corrected chi connectivity index (χ2v) is 5.36. The van der Waals surface area contributed by atoms with Gasteiger partial charge in [-0.15, -0.1) is 0 Å². The average molecular weight is 251 g/mol. The number of carboxylic acids is 1. The van der Waals surface area contributed by atoms with Crippen molar-refractivity contribution < 1.29 is 14.7 Å². The maximum Gasteiger partial charge on any atom is 0.307 e. The molecule has 2 N–H and O–H groups in total. The van der Waals surface area contributed by atoms with Crippen LogP contribution in [-0.4, -0.2) is 26.8 Å². The maximum absolute atomic E-state index is 11.9. The number of hydrogen-bond acceptors (Lipinski definition) is 3. The molecule has 6 heteroatoms. The SMILES string of the molecule is Cn1cc(CNC(=O)[C@H]2[C@@H](C(=O)O)C2(C)C)cn1. The van der Waals surface area contributed by atoms with E-state index in [1.807, 2.05) is 6.20 Å². The molecular weight excluding hydrogens is 234 g/mol. The number of hydrogen-bond donors (Lipinski definition) is 2. The lowest BCUT2D eigenvalue weighted by Gasteiger charge is -2.04. The standard InChI is InChI=1S/C12H17N3O3/c1-12(2)8(9(12)11(17)18)10(16)13-4-7-5-14-15(3)6-7/h5-6,8-9H,4H2,1-3H3,(H,13,16)(H,17,18)/t8-,9+/m1/s1. The van der Waals surface area contributed by atoms with Crippen molar-refractivity contribution in [1.82, 2.24) is 15.1 Å². The molecule has 1 aliphatic rings. The highest BCUT2D eigenvalue weighted by atomic mass is 16.4. The number of nitrogens with zero attached hydrogens (tertiary/aromatic N) is 2. The van der Waals surface area contributed by atoms with E-state index in [0.29, 0.717) is 6.54 Å². The van der Waals surface area contributed by atoms with Gasteiger partial charge in [-0.25, -0.2) is 0 Å². The van der Waals surface area contributed by atoms with Crippen LogP contribution < -0.4 is 5.32 Å². The van der Waals surface area contributed by atoms with Gasteiger partial charge in [0.2, 0.25) is 5.91 Å². The zero-order chi connectivity index (χ0) is 13.5. The molecule has 0 spiro atoms. The quantitative estimate of drug-likeness (QED) is 0.811. The van der Waals surface area contributed by atoms with Crippen molar-refractivity contribution in [3.8, 4) is 0 Å². The van der Waals surface area contributed by atoms with Crippen molar-refractivity contribution in [2.75, 3.05) is 0 Å². The molecule has 18 heavy (non-hydrogen) atoms. The average Bonchev–Trinajstić information content (AvgIpc) is 2.63. The Labute approximate surface area is 105 Å². The molecule has 0 aliphatic heterocycles. The summed E-state index contributed by atoms with van der Waals surface area (Å²) in [5.74, 6) is -2.11. The van der Waals surface area contributed by atoms with E-state index < -0.39 is 23.2 Å². The van der Waals surface area contributed by atoms with E-state index in [4.69, 9.17) is 5.11 Å². The smallest absolute Gasteiger partial charge is 0.307 e. The summed E-state index contributed by atoms with van der Waals surface area (Å²) in [7, 11) is 1.80. The Kier molecular flexibility index (Phi) is 2.88. The van der Waals surface area contributed by atoms with Crippen molar-refractivity contribution in [2.24, 2.45) is 24.3 Å². The van der Waals surface area contributed by atoms with E-state index in [-0.39, 0.29) is 5.91 Å². The molecule has 1 amide bonds. The van der Waals surface area contributed by atoms with Gasteiger partial charge in [0, 0.05) is 25.4 Å². The highest BCUT2D eigenvalue weighted by molar-refractivity contribution is 5.91. The third kappa shape index (κ3) is 2.10. The summed E-state index contributed by atoms with van der Waals surface area (Å²) >= 11 is 0. The highest BCUT2D eigenvalue weighted by Crippen LogP contribution is 2.58. The number of amides is 1. The van der Waals surface area contributed by atoms with Crippen LogP contribution in [0, 0.1) is 17.3 Å². The first-order valence-electron chi connectivity index (χ1n) is 5.82. The minimum absolute atomic E-state index is 0.198. The Balaban J connectivity index is 1.92. The van der Waals surface area contributed by atoms with Crippen LogP contribution in [-0.2, 0) is 23.2 Å². The third-order valence-electron chi connectivity index (χ3n) is 3.60. The Morgan fingerprint density at radius 1 is 1.50 bits per heavy atom. The number of aromatic nitrogens is 2. The van der Waals surface area contributed by atoms with E-state index >= 15 is 0 Å². The predicted molar refractivity (Wildman–Crippen MR) is 63.5 cm³/mol. The van der Waals surface area contributed by atoms with Crippen molar-refractivity contribution in [1.29, 1.82) is 0 Å². The first kappa shape index (κ1) is 12.6. The van der Waals surface area contributed by atoms with Crippen molar-refractivity contribution in [2.45, 2.75) is 20.4 Å². The molecular formula is C12H17N3O3. The molecule has 0 unspecified atom stereocenters. The van der Waals surface area contributed by atoms with Crippen molar-refractivity contribution in [3.63, 3.8) is 0 Å². The van der Waals surface area contributed by atoms with Gasteiger partial charge < -0.3 is 10.4 Å². The van der Waals surface area contributed by atoms with Crippen LogP contribution in [0.4, 0.5) is 0 Å². The maximum atomic E-state index is 11.9. The predicted octanol–water partition coefficient (Wildman–Crippen LogP) is 0.393. The van der Waals surface area contributed by atoms with Gasteiger partial charge >= 0.3 is 5.97 Å². The monoisotopic (exact) mass is 251 g/mol. The molecule has 1 fully saturated rings. The molecule has 2 atom stereocenters. The molecule has 1 aliphatic carbocycles. The van der Waals surface area contributed by atoms with E-state index in [1.54, 1.807) is 31.8 Å². The fourth-order valence-corrected chi connectivity index (χ4v) is 2.45. The number of nitrogens with one attached hydrogen (secondary N) is 1. The number of rotatable bonds is 4. The summed E-state index contributed by atoms with van der Waals surface area (Å²) in [6.07, 6.45) is 3.49. The Morgan fingerprint density at radius 2 is 2.17 bits per heavy atom. The van der Waals surface area contributed by atoms with Crippen LogP contribution in [0.2, 0.25) is 0 Å². The lowest BCUT2D eigenvalue weighted by Crippen LogP contribution is -2.26. The third-order valence-corrected chi connectivity index (χ3v) is 3.60. The van der Waals surface area contributed by atoms with E-state index in [9.17, 15) is 9.59 Å². The van der Waals surface area contributed by atoms with Crippen LogP contribution in [0.25, 0.3) is 0 Å². The molecule has 2 rings (SSSR count). The zero-order valence-corrected chi connectivity index (χ0v) is 10.7. The normalized spacial score (nSPS) is 24.6. The van der Waals surface area contributed by atoms with Crippen molar-refractivity contribution >= 4 is 11.9 Å². The van der Waals surface area contributed by atoms with Gasteiger partial charge in [0.25, 0.3) is 0 Å². The minimum atomic E-state index is -0.901. The molecule has 1 saturated carbocycles. The topological polar surface area (TPSA) is 84.2 Å². The van der Waals surface area contributed by atoms with Gasteiger partial charge in [-0.05, 0) is 5.41 Å². The summed E-state index contributed by atoms with van der Waals surface area (Å²) in [4.78, 5) is 22.9. The Hall–Kier alpha value is -1.85. The molecule has 1 aromatic heterocycles. The van der Waals surface area contributed by atoms with E-state index in [1.165, 1.54) is 0 Å². The number of carbonyl (C=O) groups is 2. The van der Waals surface area contributed by atoms with Gasteiger partial charge in [-0.3, -0.25) is 14.3 Å². The fraction of sp³-hybridized carbons (Fsp3) is 0.583. The molecule has 0 saturated heterocycles. The molecule has 0 aromatic carbocycles. The Morgan fingerprint density at radius 3 is 2.61 bits per heavy atom. The first-order chi connectivity index (χ1) is 8.34. The molecule has 0 radical (unpaired) electrons. The van der Waals surface area contributed by atoms with Gasteiger partial charge in [0.1, 0.15) is 0 Å². The number of aryl methyl sites for hydroxylation is 1. The molecule has 1 heterocycles. The zero-order valence-electron chi connectivity index (χ0n) is 10.7. The summed E-state index contributed by atoms with van der Waals surface area (Å²) in [6, 6.07) is 0. The number of carboxylic acid groups (broad SMARTS) is 1. The van der Waals surface area contributed by atoms with Crippen LogP contribution in [0.3, 0.4) is 0 Å². The lowest BCUT2D eigenvalue weighted by molar-refractivity contribution is -0.140. The second-order valence-electron chi connectivity index (χ2n) is 5.36. The minimum Gasteiger partial charge on any atom is -0.481 e. The van der Waals surface area contributed by atoms with E-state index in [2.05, 4.69) is 10.4 Å². The van der Waals surface area contributed by atoms with Crippen LogP contribution in [0.1, 0.15) is 19.4 Å². The fourth-order valence-electron chi connectivity index (χ4n) is 2.45. The van der Waals surface area contributed by atoms with Crippen LogP contribution in [0.15, 0.2) is 12.4 Å². The van der Waals surface area contributed by atoms with Gasteiger partial charge in [0.15, 0.2) is 0 Å². The summed E-state index contributed by atoms with van der Waals surface area (Å²) in [5, 5.41) is 15.8. The number of carbonyl (C=O) groups excluding carboxylic acids is 1. The van der Waals surface area contributed by atoms with E-state index in [0.717, 1.165) is 5.56 Å². The summed E-state index contributed by atoms with van der Waals surface area (Å²) in [6.45, 7) is 3.99. The van der Waals surface area contributed by atoms with Gasteiger partial charge in [0.05, 0.1) is 18.0 Å². The van der Waals surface area contributed by atoms with Crippen molar-refractivity contribution in [3.05, 3.63) is 18.0 Å². The highest BCUT2D eigenvalue weighted by Gasteiger charge is 2.65. The van der Waals surface area contributed by atoms with Crippen LogP contribution in [0.5, 0.6) is 0 Å². The molecule has 1 aromatic rings. The van der Waals surface area contributed by atoms with Crippen LogP contribution >= 0.6 is 0 Å². The number of aliphatic carboxylic acids is 1.